The van der Waals surface area contributed by atoms with Crippen LogP contribution in [0.2, 0.25) is 5.02 Å². The van der Waals surface area contributed by atoms with Gasteiger partial charge in [0.15, 0.2) is 0 Å². The van der Waals surface area contributed by atoms with Gasteiger partial charge in [0.1, 0.15) is 0 Å². The molecule has 0 atom stereocenters. The lowest BCUT2D eigenvalue weighted by Gasteiger charge is -1.91. The van der Waals surface area contributed by atoms with Crippen LogP contribution in [-0.4, -0.2) is 13.1 Å². The first-order chi connectivity index (χ1) is 7.22. The molecule has 0 saturated heterocycles. The van der Waals surface area contributed by atoms with E-state index in [4.69, 9.17) is 11.6 Å². The van der Waals surface area contributed by atoms with Crippen LogP contribution in [0.15, 0.2) is 42.5 Å². The van der Waals surface area contributed by atoms with Crippen molar-refractivity contribution in [2.75, 3.05) is 7.11 Å². The summed E-state index contributed by atoms with van der Waals surface area (Å²) in [5.74, 6) is -0.365. The number of benzene rings is 1. The predicted octanol–water partition coefficient (Wildman–Crippen LogP) is 3.08. The topological polar surface area (TPSA) is 26.3 Å². The van der Waals surface area contributed by atoms with E-state index in [1.54, 1.807) is 12.2 Å². The Labute approximate surface area is 93.8 Å². The van der Waals surface area contributed by atoms with Crippen molar-refractivity contribution in [1.82, 2.24) is 0 Å². The third-order valence-corrected chi connectivity index (χ3v) is 1.96. The van der Waals surface area contributed by atoms with Crippen LogP contribution in [0.3, 0.4) is 0 Å². The second-order valence-electron chi connectivity index (χ2n) is 2.79. The Bertz CT molecular complexity index is 377. The van der Waals surface area contributed by atoms with Gasteiger partial charge in [-0.05, 0) is 17.7 Å². The third-order valence-electron chi connectivity index (χ3n) is 1.70. The molecule has 0 fully saturated rings. The summed E-state index contributed by atoms with van der Waals surface area (Å²) in [5.41, 5.74) is 1.02. The zero-order chi connectivity index (χ0) is 11.1. The second kappa shape index (κ2) is 6.04. The van der Waals surface area contributed by atoms with Gasteiger partial charge in [-0.3, -0.25) is 0 Å². The Balaban J connectivity index is 2.55. The van der Waals surface area contributed by atoms with Gasteiger partial charge in [0.05, 0.1) is 7.11 Å². The van der Waals surface area contributed by atoms with Crippen molar-refractivity contribution in [2.45, 2.75) is 0 Å². The number of carbonyl (C=O) groups excluding carboxylic acids is 1. The highest BCUT2D eigenvalue weighted by molar-refractivity contribution is 6.30. The molecule has 1 rings (SSSR count). The molecule has 0 N–H and O–H groups in total. The van der Waals surface area contributed by atoms with Crippen LogP contribution in [0.25, 0.3) is 6.08 Å². The Morgan fingerprint density at radius 1 is 1.27 bits per heavy atom. The molecule has 78 valence electrons. The standard InChI is InChI=1S/C12H11ClO2/c1-15-12(14)5-3-2-4-10-6-8-11(13)9-7-10/h2-9H,1H3/b4-2+,5-3-. The molecule has 1 aromatic rings. The van der Waals surface area contributed by atoms with Crippen LogP contribution in [0.4, 0.5) is 0 Å². The molecule has 0 spiro atoms. The summed E-state index contributed by atoms with van der Waals surface area (Å²) < 4.78 is 4.44. The summed E-state index contributed by atoms with van der Waals surface area (Å²) in [6.45, 7) is 0. The normalized spacial score (nSPS) is 11.1. The van der Waals surface area contributed by atoms with Crippen molar-refractivity contribution >= 4 is 23.6 Å². The average molecular weight is 223 g/mol. The second-order valence-corrected chi connectivity index (χ2v) is 3.23. The number of esters is 1. The van der Waals surface area contributed by atoms with Crippen molar-refractivity contribution in [3.05, 3.63) is 53.1 Å². The van der Waals surface area contributed by atoms with Crippen molar-refractivity contribution in [2.24, 2.45) is 0 Å². The summed E-state index contributed by atoms with van der Waals surface area (Å²) in [7, 11) is 1.34. The zero-order valence-corrected chi connectivity index (χ0v) is 9.07. The number of allylic oxidation sites excluding steroid dienone is 2. The molecule has 2 nitrogen and oxygen atoms in total. The van der Waals surface area contributed by atoms with Crippen LogP contribution in [0.1, 0.15) is 5.56 Å². The number of carbonyl (C=O) groups is 1. The molecule has 15 heavy (non-hydrogen) atoms. The lowest BCUT2D eigenvalue weighted by Crippen LogP contribution is -1.92. The predicted molar refractivity (Wildman–Crippen MR) is 61.6 cm³/mol. The number of methoxy groups -OCH3 is 1. The Morgan fingerprint density at radius 3 is 2.53 bits per heavy atom. The molecule has 0 radical (unpaired) electrons. The van der Waals surface area contributed by atoms with Gasteiger partial charge in [-0.1, -0.05) is 42.0 Å². The molecular formula is C12H11ClO2. The van der Waals surface area contributed by atoms with Crippen molar-refractivity contribution in [1.29, 1.82) is 0 Å². The van der Waals surface area contributed by atoms with Gasteiger partial charge < -0.3 is 4.74 Å². The fourth-order valence-electron chi connectivity index (χ4n) is 0.943. The smallest absolute Gasteiger partial charge is 0.330 e. The van der Waals surface area contributed by atoms with E-state index in [1.165, 1.54) is 13.2 Å². The van der Waals surface area contributed by atoms with E-state index in [-0.39, 0.29) is 5.97 Å². The molecule has 0 aliphatic heterocycles. The van der Waals surface area contributed by atoms with Gasteiger partial charge in [-0.25, -0.2) is 4.79 Å². The summed E-state index contributed by atoms with van der Waals surface area (Å²) in [6.07, 6.45) is 6.61. The Morgan fingerprint density at radius 2 is 1.93 bits per heavy atom. The minimum Gasteiger partial charge on any atom is -0.466 e. The lowest BCUT2D eigenvalue weighted by atomic mass is 10.2. The largest absolute Gasteiger partial charge is 0.466 e. The van der Waals surface area contributed by atoms with E-state index < -0.39 is 0 Å². The fourth-order valence-corrected chi connectivity index (χ4v) is 1.07. The fraction of sp³-hybridized carbons (Fsp3) is 0.0833. The van der Waals surface area contributed by atoms with Gasteiger partial charge in [0, 0.05) is 11.1 Å². The first-order valence-electron chi connectivity index (χ1n) is 4.40. The monoisotopic (exact) mass is 222 g/mol. The Kier molecular flexibility index (Phi) is 4.64. The maximum atomic E-state index is 10.7. The summed E-state index contributed by atoms with van der Waals surface area (Å²) in [4.78, 5) is 10.7. The SMILES string of the molecule is COC(=O)/C=C\C=C\c1ccc(Cl)cc1. The molecule has 0 unspecified atom stereocenters. The molecule has 0 aliphatic rings. The van der Waals surface area contributed by atoms with E-state index in [2.05, 4.69) is 4.74 Å². The molecule has 0 heterocycles. The molecular weight excluding hydrogens is 212 g/mol. The summed E-state index contributed by atoms with van der Waals surface area (Å²) >= 11 is 5.73. The van der Waals surface area contributed by atoms with Gasteiger partial charge in [-0.15, -0.1) is 0 Å². The minimum absolute atomic E-state index is 0.365. The number of halogens is 1. The van der Waals surface area contributed by atoms with Crippen LogP contribution in [-0.2, 0) is 9.53 Å². The highest BCUT2D eigenvalue weighted by Crippen LogP contribution is 2.10. The number of rotatable bonds is 3. The highest BCUT2D eigenvalue weighted by atomic mass is 35.5. The maximum absolute atomic E-state index is 10.7. The average Bonchev–Trinajstić information content (AvgIpc) is 2.26. The van der Waals surface area contributed by atoms with Gasteiger partial charge in [0.25, 0.3) is 0 Å². The third kappa shape index (κ3) is 4.47. The van der Waals surface area contributed by atoms with Crippen molar-refractivity contribution in [3.8, 4) is 0 Å². The van der Waals surface area contributed by atoms with E-state index in [9.17, 15) is 4.79 Å². The minimum atomic E-state index is -0.365. The van der Waals surface area contributed by atoms with E-state index >= 15 is 0 Å². The lowest BCUT2D eigenvalue weighted by molar-refractivity contribution is -0.134. The van der Waals surface area contributed by atoms with Gasteiger partial charge >= 0.3 is 5.97 Å². The van der Waals surface area contributed by atoms with Crippen molar-refractivity contribution < 1.29 is 9.53 Å². The van der Waals surface area contributed by atoms with Crippen molar-refractivity contribution in [3.63, 3.8) is 0 Å². The van der Waals surface area contributed by atoms with Gasteiger partial charge in [-0.2, -0.15) is 0 Å². The summed E-state index contributed by atoms with van der Waals surface area (Å²) in [6, 6.07) is 7.41. The van der Waals surface area contributed by atoms with Crippen LogP contribution < -0.4 is 0 Å². The maximum Gasteiger partial charge on any atom is 0.330 e. The summed E-state index contributed by atoms with van der Waals surface area (Å²) in [5, 5.41) is 0.706. The number of hydrogen-bond acceptors (Lipinski definition) is 2. The molecule has 0 saturated carbocycles. The van der Waals surface area contributed by atoms with E-state index in [0.717, 1.165) is 5.56 Å². The zero-order valence-electron chi connectivity index (χ0n) is 8.31. The van der Waals surface area contributed by atoms with Crippen LogP contribution in [0, 0.1) is 0 Å². The quantitative estimate of drug-likeness (QED) is 0.446. The molecule has 1 aromatic carbocycles. The number of ether oxygens (including phenoxy) is 1. The van der Waals surface area contributed by atoms with E-state index in [0.29, 0.717) is 5.02 Å². The molecule has 0 aromatic heterocycles. The molecule has 0 aliphatic carbocycles. The first-order valence-corrected chi connectivity index (χ1v) is 4.78. The highest BCUT2D eigenvalue weighted by Gasteiger charge is 1.88. The van der Waals surface area contributed by atoms with Crippen LogP contribution in [0.5, 0.6) is 0 Å². The molecule has 3 heteroatoms. The van der Waals surface area contributed by atoms with E-state index in [1.807, 2.05) is 30.3 Å². The molecule has 0 bridgehead atoms. The Hall–Kier alpha value is -1.54. The number of hydrogen-bond donors (Lipinski definition) is 0. The van der Waals surface area contributed by atoms with Gasteiger partial charge in [0.2, 0.25) is 0 Å². The van der Waals surface area contributed by atoms with Crippen LogP contribution >= 0.6 is 11.6 Å². The molecule has 0 amide bonds. The first kappa shape index (κ1) is 11.5.